The number of methoxy groups -OCH3 is 1. The van der Waals surface area contributed by atoms with E-state index in [4.69, 9.17) is 21.1 Å². The molecule has 1 aromatic rings. The van der Waals surface area contributed by atoms with Crippen molar-refractivity contribution >= 4 is 30.6 Å². The van der Waals surface area contributed by atoms with Crippen molar-refractivity contribution in [2.45, 2.75) is 52.6 Å². The molecule has 3 rings (SSSR count). The van der Waals surface area contributed by atoms with Crippen LogP contribution < -0.4 is 0 Å². The molecule has 1 unspecified atom stereocenters. The second kappa shape index (κ2) is 10.7. The van der Waals surface area contributed by atoms with Crippen molar-refractivity contribution in [1.29, 1.82) is 0 Å². The predicted molar refractivity (Wildman–Crippen MR) is 127 cm³/mol. The summed E-state index contributed by atoms with van der Waals surface area (Å²) in [5.74, 6) is -0.0110. The van der Waals surface area contributed by atoms with E-state index in [9.17, 15) is 9.82 Å². The largest absolute Gasteiger partial charge is 0.468 e. The van der Waals surface area contributed by atoms with Crippen molar-refractivity contribution in [1.82, 2.24) is 9.71 Å². The fraction of sp³-hybridized carbons (Fsp3) is 0.565. The van der Waals surface area contributed by atoms with Gasteiger partial charge in [-0.2, -0.15) is 0 Å². The summed E-state index contributed by atoms with van der Waals surface area (Å²) in [6, 6.07) is 7.61. The molecule has 9 heteroatoms. The minimum absolute atomic E-state index is 0.242. The summed E-state index contributed by atoms with van der Waals surface area (Å²) in [5.41, 5.74) is 1.97. The van der Waals surface area contributed by atoms with Crippen LogP contribution in [0.5, 0.6) is 0 Å². The van der Waals surface area contributed by atoms with Crippen molar-refractivity contribution in [3.8, 4) is 0 Å². The second-order valence-corrected chi connectivity index (χ2v) is 9.21. The lowest BCUT2D eigenvalue weighted by Crippen LogP contribution is -2.48. The Bertz CT molecular complexity index is 882. The summed E-state index contributed by atoms with van der Waals surface area (Å²) in [7, 11) is 1.16. The van der Waals surface area contributed by atoms with Gasteiger partial charge in [0.05, 0.1) is 30.5 Å². The molecule has 0 saturated carbocycles. The number of rotatable bonds is 6. The maximum Gasteiger partial charge on any atom is 0.376 e. The van der Waals surface area contributed by atoms with Crippen molar-refractivity contribution in [3.63, 3.8) is 0 Å². The van der Waals surface area contributed by atoms with Gasteiger partial charge in [-0.25, -0.2) is 9.79 Å². The molecular weight excluding hydrogens is 429 g/mol. The molecule has 0 spiro atoms. The SMILES string of the molecule is COC1=NC(C)=C(C(=O)OC(C)C)C(c2cccc(Cl)c2)N1CC1CCN(B(C)O)CC1. The average Bonchev–Trinajstić information content (AvgIpc) is 2.74. The Hall–Kier alpha value is -2.03. The zero-order chi connectivity index (χ0) is 23.4. The third kappa shape index (κ3) is 5.66. The molecule has 32 heavy (non-hydrogen) atoms. The van der Waals surface area contributed by atoms with Gasteiger partial charge in [-0.05, 0) is 77.1 Å². The first-order valence-electron chi connectivity index (χ1n) is 11.2. The summed E-state index contributed by atoms with van der Waals surface area (Å²) < 4.78 is 11.3. The standard InChI is InChI=1S/C23H33BClN3O4/c1-15(2)32-22(29)20-16(3)26-23(31-5)28(21(20)18-7-6-8-19(25)13-18)14-17-9-11-27(12-10-17)24(4)30/h6-8,13,15,17,21,30H,9-12,14H2,1-5H3. The van der Waals surface area contributed by atoms with E-state index in [0.29, 0.717) is 34.8 Å². The lowest BCUT2D eigenvalue weighted by molar-refractivity contribution is -0.143. The van der Waals surface area contributed by atoms with Gasteiger partial charge in [0, 0.05) is 11.6 Å². The highest BCUT2D eigenvalue weighted by molar-refractivity contribution is 6.45. The number of aliphatic imine (C=N–C) groups is 1. The van der Waals surface area contributed by atoms with Gasteiger partial charge in [-0.15, -0.1) is 0 Å². The van der Waals surface area contributed by atoms with E-state index in [2.05, 4.69) is 14.7 Å². The van der Waals surface area contributed by atoms with Crippen LogP contribution in [-0.4, -0.2) is 66.6 Å². The Morgan fingerprint density at radius 1 is 1.34 bits per heavy atom. The molecule has 1 fully saturated rings. The van der Waals surface area contributed by atoms with Gasteiger partial charge in [-0.3, -0.25) is 0 Å². The normalized spacial score (nSPS) is 20.4. The molecule has 1 saturated heterocycles. The number of allylic oxidation sites excluding steroid dienone is 1. The van der Waals surface area contributed by atoms with Crippen LogP contribution in [0.2, 0.25) is 11.8 Å². The minimum atomic E-state index is -0.441. The summed E-state index contributed by atoms with van der Waals surface area (Å²) in [6.45, 7) is 9.61. The summed E-state index contributed by atoms with van der Waals surface area (Å²) in [6.07, 6.45) is 1.64. The Morgan fingerprint density at radius 3 is 2.59 bits per heavy atom. The molecular formula is C23H33BClN3O4. The number of halogens is 1. The van der Waals surface area contributed by atoms with E-state index < -0.39 is 13.1 Å². The summed E-state index contributed by atoms with van der Waals surface area (Å²) in [4.78, 5) is 21.9. The lowest BCUT2D eigenvalue weighted by Gasteiger charge is -2.41. The molecule has 1 N–H and O–H groups in total. The number of nitrogens with zero attached hydrogens (tertiary/aromatic N) is 3. The van der Waals surface area contributed by atoms with E-state index in [-0.39, 0.29) is 12.1 Å². The van der Waals surface area contributed by atoms with E-state index in [0.717, 1.165) is 31.5 Å². The van der Waals surface area contributed by atoms with Gasteiger partial charge < -0.3 is 24.2 Å². The second-order valence-electron chi connectivity index (χ2n) is 8.77. The fourth-order valence-corrected chi connectivity index (χ4v) is 4.62. The van der Waals surface area contributed by atoms with Gasteiger partial charge in [-0.1, -0.05) is 23.7 Å². The Balaban J connectivity index is 1.97. The van der Waals surface area contributed by atoms with Gasteiger partial charge >= 0.3 is 13.0 Å². The zero-order valence-electron chi connectivity index (χ0n) is 19.5. The van der Waals surface area contributed by atoms with Crippen LogP contribution >= 0.6 is 11.6 Å². The maximum absolute atomic E-state index is 13.2. The van der Waals surface area contributed by atoms with Crippen LogP contribution in [0.4, 0.5) is 0 Å². The summed E-state index contributed by atoms with van der Waals surface area (Å²) in [5, 5.41) is 10.5. The van der Waals surface area contributed by atoms with Crippen LogP contribution in [0.3, 0.4) is 0 Å². The number of amidine groups is 1. The number of hydrogen-bond acceptors (Lipinski definition) is 7. The van der Waals surface area contributed by atoms with Crippen LogP contribution in [0.1, 0.15) is 45.2 Å². The highest BCUT2D eigenvalue weighted by Gasteiger charge is 2.39. The molecule has 0 amide bonds. The molecule has 0 aromatic heterocycles. The van der Waals surface area contributed by atoms with Crippen LogP contribution in [-0.2, 0) is 14.3 Å². The number of carbonyl (C=O) groups is 1. The Morgan fingerprint density at radius 2 is 2.03 bits per heavy atom. The molecule has 2 aliphatic rings. The van der Waals surface area contributed by atoms with E-state index in [1.54, 1.807) is 13.9 Å². The molecule has 1 aromatic carbocycles. The molecule has 0 radical (unpaired) electrons. The molecule has 2 aliphatic heterocycles. The quantitative estimate of drug-likeness (QED) is 0.514. The van der Waals surface area contributed by atoms with E-state index in [1.807, 2.05) is 45.0 Å². The number of ether oxygens (including phenoxy) is 2. The minimum Gasteiger partial charge on any atom is -0.468 e. The van der Waals surface area contributed by atoms with Crippen molar-refractivity contribution < 1.29 is 19.3 Å². The Labute approximate surface area is 196 Å². The van der Waals surface area contributed by atoms with Gasteiger partial charge in [0.1, 0.15) is 0 Å². The van der Waals surface area contributed by atoms with Crippen LogP contribution in [0.25, 0.3) is 0 Å². The molecule has 2 heterocycles. The first-order chi connectivity index (χ1) is 15.2. The average molecular weight is 462 g/mol. The van der Waals surface area contributed by atoms with Gasteiger partial charge in [0.2, 0.25) is 0 Å². The highest BCUT2D eigenvalue weighted by atomic mass is 35.5. The molecule has 0 bridgehead atoms. The monoisotopic (exact) mass is 461 g/mol. The molecule has 0 aliphatic carbocycles. The predicted octanol–water partition coefficient (Wildman–Crippen LogP) is 3.75. The highest BCUT2D eigenvalue weighted by Crippen LogP contribution is 2.38. The summed E-state index contributed by atoms with van der Waals surface area (Å²) >= 11 is 6.33. The first-order valence-corrected chi connectivity index (χ1v) is 11.6. The van der Waals surface area contributed by atoms with Crippen molar-refractivity contribution in [2.24, 2.45) is 10.9 Å². The van der Waals surface area contributed by atoms with E-state index >= 15 is 0 Å². The van der Waals surface area contributed by atoms with Gasteiger partial charge in [0.25, 0.3) is 6.02 Å². The van der Waals surface area contributed by atoms with E-state index in [1.165, 1.54) is 0 Å². The number of esters is 1. The van der Waals surface area contributed by atoms with Crippen LogP contribution in [0, 0.1) is 5.92 Å². The van der Waals surface area contributed by atoms with Gasteiger partial charge in [0.15, 0.2) is 0 Å². The smallest absolute Gasteiger partial charge is 0.376 e. The topological polar surface area (TPSA) is 74.6 Å². The number of carbonyl (C=O) groups excluding carboxylic acids is 1. The maximum atomic E-state index is 13.2. The number of hydrogen-bond donors (Lipinski definition) is 1. The van der Waals surface area contributed by atoms with Crippen molar-refractivity contribution in [2.75, 3.05) is 26.7 Å². The molecule has 174 valence electrons. The fourth-order valence-electron chi connectivity index (χ4n) is 4.43. The third-order valence-electron chi connectivity index (χ3n) is 6.03. The van der Waals surface area contributed by atoms with Crippen molar-refractivity contribution in [3.05, 3.63) is 46.1 Å². The first kappa shape index (κ1) is 24.6. The van der Waals surface area contributed by atoms with Crippen LogP contribution in [0.15, 0.2) is 40.5 Å². The molecule has 7 nitrogen and oxygen atoms in total. The third-order valence-corrected chi connectivity index (χ3v) is 6.26. The lowest BCUT2D eigenvalue weighted by atomic mass is 9.80. The number of benzene rings is 1. The molecule has 1 atom stereocenters. The zero-order valence-corrected chi connectivity index (χ0v) is 20.3. The Kier molecular flexibility index (Phi) is 8.25. The number of piperidine rings is 1.